The van der Waals surface area contributed by atoms with E-state index in [4.69, 9.17) is 4.74 Å². The number of nitrogens with zero attached hydrogens (tertiary/aromatic N) is 1. The molecule has 1 aliphatic heterocycles. The standard InChI is InChI=1S/C12H15BrFNO/c1-9-7-15(4-5-16-9)8-10-2-3-11(14)6-12(10)13/h2-3,6,9H,4-5,7-8H2,1H3. The molecule has 2 nitrogen and oxygen atoms in total. The van der Waals surface area contributed by atoms with E-state index < -0.39 is 0 Å². The first-order valence-electron chi connectivity index (χ1n) is 5.43. The van der Waals surface area contributed by atoms with Crippen molar-refractivity contribution in [1.82, 2.24) is 4.90 Å². The second-order valence-corrected chi connectivity index (χ2v) is 5.01. The van der Waals surface area contributed by atoms with E-state index >= 15 is 0 Å². The lowest BCUT2D eigenvalue weighted by molar-refractivity contribution is -0.0212. The Morgan fingerprint density at radius 3 is 3.06 bits per heavy atom. The summed E-state index contributed by atoms with van der Waals surface area (Å²) in [5.41, 5.74) is 1.12. The predicted octanol–water partition coefficient (Wildman–Crippen LogP) is 2.81. The molecule has 2 rings (SSSR count). The van der Waals surface area contributed by atoms with Gasteiger partial charge in [0.2, 0.25) is 0 Å². The van der Waals surface area contributed by atoms with Gasteiger partial charge in [0.15, 0.2) is 0 Å². The summed E-state index contributed by atoms with van der Waals surface area (Å²) in [5, 5.41) is 0. The normalized spacial score (nSPS) is 22.3. The second kappa shape index (κ2) is 5.25. The van der Waals surface area contributed by atoms with Crippen molar-refractivity contribution in [3.05, 3.63) is 34.1 Å². The molecule has 1 aromatic rings. The zero-order chi connectivity index (χ0) is 11.5. The predicted molar refractivity (Wildman–Crippen MR) is 64.8 cm³/mol. The molecule has 16 heavy (non-hydrogen) atoms. The first kappa shape index (κ1) is 12.0. The number of halogens is 2. The minimum absolute atomic E-state index is 0.203. The van der Waals surface area contributed by atoms with Gasteiger partial charge in [0.05, 0.1) is 12.7 Å². The maximum Gasteiger partial charge on any atom is 0.124 e. The maximum absolute atomic E-state index is 12.9. The Hall–Kier alpha value is -0.450. The zero-order valence-electron chi connectivity index (χ0n) is 9.25. The second-order valence-electron chi connectivity index (χ2n) is 4.15. The molecule has 1 aliphatic rings. The summed E-state index contributed by atoms with van der Waals surface area (Å²) in [6.45, 7) is 5.57. The fourth-order valence-corrected chi connectivity index (χ4v) is 2.40. The highest BCUT2D eigenvalue weighted by molar-refractivity contribution is 9.10. The lowest BCUT2D eigenvalue weighted by Gasteiger charge is -2.31. The summed E-state index contributed by atoms with van der Waals surface area (Å²) in [4.78, 5) is 2.33. The number of morpholine rings is 1. The van der Waals surface area contributed by atoms with Gasteiger partial charge in [0.25, 0.3) is 0 Å². The molecule has 1 atom stereocenters. The van der Waals surface area contributed by atoms with Gasteiger partial charge in [-0.25, -0.2) is 4.39 Å². The van der Waals surface area contributed by atoms with Crippen LogP contribution < -0.4 is 0 Å². The van der Waals surface area contributed by atoms with Gasteiger partial charge in [-0.05, 0) is 24.6 Å². The van der Waals surface area contributed by atoms with Crippen LogP contribution in [-0.2, 0) is 11.3 Å². The van der Waals surface area contributed by atoms with Crippen molar-refractivity contribution in [1.29, 1.82) is 0 Å². The first-order chi connectivity index (χ1) is 7.65. The number of ether oxygens (including phenoxy) is 1. The molecule has 0 amide bonds. The summed E-state index contributed by atoms with van der Waals surface area (Å²) in [6.07, 6.45) is 0.285. The van der Waals surface area contributed by atoms with Crippen LogP contribution in [0.15, 0.2) is 22.7 Å². The monoisotopic (exact) mass is 287 g/mol. The molecular formula is C12H15BrFNO. The highest BCUT2D eigenvalue weighted by Crippen LogP contribution is 2.20. The minimum Gasteiger partial charge on any atom is -0.376 e. The van der Waals surface area contributed by atoms with E-state index in [1.54, 1.807) is 0 Å². The quantitative estimate of drug-likeness (QED) is 0.829. The van der Waals surface area contributed by atoms with E-state index in [9.17, 15) is 4.39 Å². The van der Waals surface area contributed by atoms with Crippen LogP contribution in [0.2, 0.25) is 0 Å². The molecule has 4 heteroatoms. The molecule has 1 fully saturated rings. The summed E-state index contributed by atoms with van der Waals surface area (Å²) < 4.78 is 19.2. The van der Waals surface area contributed by atoms with Crippen molar-refractivity contribution < 1.29 is 9.13 Å². The Labute approximate surface area is 104 Å². The average Bonchev–Trinajstić information content (AvgIpc) is 2.22. The summed E-state index contributed by atoms with van der Waals surface area (Å²) in [7, 11) is 0. The Morgan fingerprint density at radius 1 is 1.56 bits per heavy atom. The van der Waals surface area contributed by atoms with Crippen molar-refractivity contribution >= 4 is 15.9 Å². The molecule has 1 aromatic carbocycles. The van der Waals surface area contributed by atoms with E-state index in [-0.39, 0.29) is 11.9 Å². The molecule has 0 aliphatic carbocycles. The van der Waals surface area contributed by atoms with Crippen LogP contribution in [0, 0.1) is 5.82 Å². The maximum atomic E-state index is 12.9. The number of hydrogen-bond acceptors (Lipinski definition) is 2. The van der Waals surface area contributed by atoms with Crippen LogP contribution in [-0.4, -0.2) is 30.7 Å². The van der Waals surface area contributed by atoms with Crippen LogP contribution in [0.25, 0.3) is 0 Å². The molecule has 0 bridgehead atoms. The van der Waals surface area contributed by atoms with Crippen LogP contribution in [0.4, 0.5) is 4.39 Å². The van der Waals surface area contributed by atoms with Gasteiger partial charge in [-0.3, -0.25) is 4.90 Å². The van der Waals surface area contributed by atoms with Crippen molar-refractivity contribution in [2.24, 2.45) is 0 Å². The molecule has 0 spiro atoms. The third-order valence-corrected chi connectivity index (χ3v) is 3.47. The van der Waals surface area contributed by atoms with Crippen LogP contribution in [0.1, 0.15) is 12.5 Å². The zero-order valence-corrected chi connectivity index (χ0v) is 10.8. The largest absolute Gasteiger partial charge is 0.376 e. The van der Waals surface area contributed by atoms with Crippen LogP contribution >= 0.6 is 15.9 Å². The van der Waals surface area contributed by atoms with Crippen LogP contribution in [0.3, 0.4) is 0 Å². The molecular weight excluding hydrogens is 273 g/mol. The third-order valence-electron chi connectivity index (χ3n) is 2.73. The van der Waals surface area contributed by atoms with Crippen molar-refractivity contribution in [2.75, 3.05) is 19.7 Å². The van der Waals surface area contributed by atoms with Gasteiger partial charge in [0, 0.05) is 24.1 Å². The molecule has 88 valence electrons. The summed E-state index contributed by atoms with van der Waals surface area (Å²) >= 11 is 3.39. The molecule has 1 heterocycles. The lowest BCUT2D eigenvalue weighted by Crippen LogP contribution is -2.40. The highest BCUT2D eigenvalue weighted by Gasteiger charge is 2.17. The topological polar surface area (TPSA) is 12.5 Å². The number of benzene rings is 1. The van der Waals surface area contributed by atoms with E-state index in [1.165, 1.54) is 12.1 Å². The van der Waals surface area contributed by atoms with Gasteiger partial charge in [-0.15, -0.1) is 0 Å². The van der Waals surface area contributed by atoms with Gasteiger partial charge < -0.3 is 4.74 Å². The molecule has 0 N–H and O–H groups in total. The average molecular weight is 288 g/mol. The smallest absolute Gasteiger partial charge is 0.124 e. The SMILES string of the molecule is CC1CN(Cc2ccc(F)cc2Br)CCO1. The number of hydrogen-bond donors (Lipinski definition) is 0. The highest BCUT2D eigenvalue weighted by atomic mass is 79.9. The molecule has 0 radical (unpaired) electrons. The van der Waals surface area contributed by atoms with Gasteiger partial charge in [-0.2, -0.15) is 0 Å². The van der Waals surface area contributed by atoms with E-state index in [1.807, 2.05) is 6.07 Å². The molecule has 1 saturated heterocycles. The van der Waals surface area contributed by atoms with Crippen molar-refractivity contribution in [3.8, 4) is 0 Å². The van der Waals surface area contributed by atoms with E-state index in [0.29, 0.717) is 0 Å². The van der Waals surface area contributed by atoms with Crippen molar-refractivity contribution in [2.45, 2.75) is 19.6 Å². The first-order valence-corrected chi connectivity index (χ1v) is 6.22. The molecule has 0 aromatic heterocycles. The van der Waals surface area contributed by atoms with Crippen LogP contribution in [0.5, 0.6) is 0 Å². The third kappa shape index (κ3) is 3.03. The Morgan fingerprint density at radius 2 is 2.38 bits per heavy atom. The minimum atomic E-state index is -0.203. The molecule has 1 unspecified atom stereocenters. The Balaban J connectivity index is 2.02. The fraction of sp³-hybridized carbons (Fsp3) is 0.500. The van der Waals surface area contributed by atoms with Gasteiger partial charge in [0.1, 0.15) is 5.82 Å². The van der Waals surface area contributed by atoms with Gasteiger partial charge in [-0.1, -0.05) is 22.0 Å². The van der Waals surface area contributed by atoms with E-state index in [0.717, 1.165) is 36.3 Å². The molecule has 0 saturated carbocycles. The van der Waals surface area contributed by atoms with Gasteiger partial charge >= 0.3 is 0 Å². The summed E-state index contributed by atoms with van der Waals surface area (Å²) in [5.74, 6) is -0.203. The van der Waals surface area contributed by atoms with E-state index in [2.05, 4.69) is 27.8 Å². The summed E-state index contributed by atoms with van der Waals surface area (Å²) in [6, 6.07) is 4.85. The number of rotatable bonds is 2. The Kier molecular flexibility index (Phi) is 3.95. The Bertz CT molecular complexity index is 372. The fourth-order valence-electron chi connectivity index (χ4n) is 1.93. The lowest BCUT2D eigenvalue weighted by atomic mass is 10.2. The van der Waals surface area contributed by atoms with Crippen molar-refractivity contribution in [3.63, 3.8) is 0 Å².